The minimum Gasteiger partial charge on any atom is -0.494 e. The lowest BCUT2D eigenvalue weighted by Gasteiger charge is -2.23. The van der Waals surface area contributed by atoms with Crippen molar-refractivity contribution in [1.82, 2.24) is 4.98 Å². The summed E-state index contributed by atoms with van der Waals surface area (Å²) in [4.78, 5) is 18.0. The van der Waals surface area contributed by atoms with E-state index in [1.807, 2.05) is 36.1 Å². The average Bonchev–Trinajstić information content (AvgIpc) is 2.89. The highest BCUT2D eigenvalue weighted by Crippen LogP contribution is 2.35. The maximum absolute atomic E-state index is 11.4. The van der Waals surface area contributed by atoms with Crippen LogP contribution < -0.4 is 15.4 Å². The van der Waals surface area contributed by atoms with E-state index in [1.54, 1.807) is 7.11 Å². The van der Waals surface area contributed by atoms with Gasteiger partial charge in [0.05, 0.1) is 13.7 Å². The van der Waals surface area contributed by atoms with Crippen LogP contribution in [0, 0.1) is 6.92 Å². The number of ether oxygens (including phenoxy) is 1. The number of methoxy groups -OCH3 is 1. The molecule has 1 saturated heterocycles. The number of nitrogens with two attached hydrogens (primary N) is 1. The zero-order valence-corrected chi connectivity index (χ0v) is 12.7. The molecule has 2 aromatic rings. The third kappa shape index (κ3) is 2.25. The summed E-state index contributed by atoms with van der Waals surface area (Å²) in [5.74, 6) is 0.0227. The maximum Gasteiger partial charge on any atom is 0.251 e. The summed E-state index contributed by atoms with van der Waals surface area (Å²) in [6, 6.07) is 7.68. The van der Waals surface area contributed by atoms with E-state index in [0.717, 1.165) is 22.3 Å². The number of hydrogen-bond donors (Lipinski definition) is 2. The number of carbonyl (C=O) groups is 1. The highest BCUT2D eigenvalue weighted by Gasteiger charge is 2.41. The molecule has 0 radical (unpaired) electrons. The molecule has 1 aromatic heterocycles. The third-order valence-corrected chi connectivity index (χ3v) is 4.18. The van der Waals surface area contributed by atoms with Gasteiger partial charge in [0, 0.05) is 29.7 Å². The zero-order chi connectivity index (χ0) is 15.9. The van der Waals surface area contributed by atoms with Crippen molar-refractivity contribution in [3.63, 3.8) is 0 Å². The Morgan fingerprint density at radius 2 is 2.27 bits per heavy atom. The van der Waals surface area contributed by atoms with Crippen molar-refractivity contribution in [3.8, 4) is 5.75 Å². The molecule has 6 heteroatoms. The summed E-state index contributed by atoms with van der Waals surface area (Å²) < 4.78 is 5.37. The lowest BCUT2D eigenvalue weighted by molar-refractivity contribution is -0.134. The number of β-amino-alcohol motifs (C(OH)–C–C–N with tert-alkyl or cyclic N) is 1. The molecule has 1 fully saturated rings. The first-order valence-corrected chi connectivity index (χ1v) is 7.16. The summed E-state index contributed by atoms with van der Waals surface area (Å²) in [6.07, 6.45) is 0.329. The Morgan fingerprint density at radius 3 is 2.91 bits per heavy atom. The molecule has 3 rings (SSSR count). The van der Waals surface area contributed by atoms with Crippen LogP contribution in [0.4, 0.5) is 5.69 Å². The van der Waals surface area contributed by atoms with Crippen molar-refractivity contribution >= 4 is 22.5 Å². The number of para-hydroxylation sites is 1. The van der Waals surface area contributed by atoms with Crippen LogP contribution in [0.3, 0.4) is 0 Å². The van der Waals surface area contributed by atoms with E-state index in [2.05, 4.69) is 4.98 Å². The number of carbonyl (C=O) groups excluding carboxylic acids is 1. The van der Waals surface area contributed by atoms with Crippen LogP contribution in [-0.4, -0.2) is 41.8 Å². The van der Waals surface area contributed by atoms with Gasteiger partial charge in [-0.05, 0) is 19.1 Å². The molecule has 0 aliphatic carbocycles. The van der Waals surface area contributed by atoms with Gasteiger partial charge in [0.25, 0.3) is 5.91 Å². The number of amides is 1. The molecule has 1 atom stereocenters. The Bertz CT molecular complexity index is 747. The molecule has 1 aromatic carbocycles. The van der Waals surface area contributed by atoms with E-state index in [1.165, 1.54) is 0 Å². The minimum absolute atomic E-state index is 0.193. The molecular weight excluding hydrogens is 282 g/mol. The quantitative estimate of drug-likeness (QED) is 0.882. The second-order valence-corrected chi connectivity index (χ2v) is 5.71. The van der Waals surface area contributed by atoms with Crippen LogP contribution >= 0.6 is 0 Å². The Balaban J connectivity index is 2.10. The molecule has 0 saturated carbocycles. The number of aliphatic hydroxyl groups is 1. The van der Waals surface area contributed by atoms with Gasteiger partial charge in [-0.3, -0.25) is 4.79 Å². The van der Waals surface area contributed by atoms with Gasteiger partial charge in [-0.15, -0.1) is 0 Å². The highest BCUT2D eigenvalue weighted by molar-refractivity contribution is 5.96. The number of pyridine rings is 1. The van der Waals surface area contributed by atoms with E-state index in [4.69, 9.17) is 10.5 Å². The molecule has 116 valence electrons. The van der Waals surface area contributed by atoms with E-state index in [9.17, 15) is 9.90 Å². The van der Waals surface area contributed by atoms with Crippen LogP contribution in [0.1, 0.15) is 12.1 Å². The predicted octanol–water partition coefficient (Wildman–Crippen LogP) is 0.978. The van der Waals surface area contributed by atoms with Gasteiger partial charge in [0.1, 0.15) is 11.3 Å². The number of aromatic nitrogens is 1. The number of fused-ring (bicyclic) bond motifs is 1. The van der Waals surface area contributed by atoms with Crippen molar-refractivity contribution < 1.29 is 14.6 Å². The SMILES string of the molecule is COc1cccc2c(N3CCC(O)(C(N)=O)C3)cc(C)nc12. The highest BCUT2D eigenvalue weighted by atomic mass is 16.5. The average molecular weight is 301 g/mol. The van der Waals surface area contributed by atoms with Gasteiger partial charge in [0.15, 0.2) is 5.60 Å². The Hall–Kier alpha value is -2.34. The van der Waals surface area contributed by atoms with Gasteiger partial charge < -0.3 is 20.5 Å². The monoisotopic (exact) mass is 301 g/mol. The minimum atomic E-state index is -1.47. The summed E-state index contributed by atoms with van der Waals surface area (Å²) >= 11 is 0. The van der Waals surface area contributed by atoms with E-state index in [-0.39, 0.29) is 6.54 Å². The van der Waals surface area contributed by atoms with Crippen molar-refractivity contribution in [2.45, 2.75) is 18.9 Å². The molecule has 1 unspecified atom stereocenters. The molecule has 6 nitrogen and oxygen atoms in total. The molecular formula is C16H19N3O3. The lowest BCUT2D eigenvalue weighted by atomic mass is 10.0. The zero-order valence-electron chi connectivity index (χ0n) is 12.7. The van der Waals surface area contributed by atoms with Crippen molar-refractivity contribution in [3.05, 3.63) is 30.0 Å². The van der Waals surface area contributed by atoms with E-state index in [0.29, 0.717) is 18.7 Å². The van der Waals surface area contributed by atoms with E-state index >= 15 is 0 Å². The first kappa shape index (κ1) is 14.6. The molecule has 0 bridgehead atoms. The number of rotatable bonds is 3. The Labute approximate surface area is 128 Å². The topological polar surface area (TPSA) is 88.7 Å². The van der Waals surface area contributed by atoms with Crippen LogP contribution in [0.15, 0.2) is 24.3 Å². The number of anilines is 1. The molecule has 1 amide bonds. The van der Waals surface area contributed by atoms with Crippen LogP contribution in [0.2, 0.25) is 0 Å². The fourth-order valence-electron chi connectivity index (χ4n) is 2.96. The number of primary amides is 1. The van der Waals surface area contributed by atoms with Gasteiger partial charge in [-0.1, -0.05) is 12.1 Å². The second-order valence-electron chi connectivity index (χ2n) is 5.71. The normalized spacial score (nSPS) is 21.3. The Morgan fingerprint density at radius 1 is 1.50 bits per heavy atom. The van der Waals surface area contributed by atoms with Crippen LogP contribution in [0.25, 0.3) is 10.9 Å². The van der Waals surface area contributed by atoms with Crippen molar-refractivity contribution in [2.24, 2.45) is 5.73 Å². The number of aryl methyl sites for hydroxylation is 1. The fraction of sp³-hybridized carbons (Fsp3) is 0.375. The largest absolute Gasteiger partial charge is 0.494 e. The van der Waals surface area contributed by atoms with E-state index < -0.39 is 11.5 Å². The Kier molecular flexibility index (Phi) is 3.41. The summed E-state index contributed by atoms with van der Waals surface area (Å²) in [5, 5.41) is 11.2. The smallest absolute Gasteiger partial charge is 0.251 e. The van der Waals surface area contributed by atoms with Gasteiger partial charge in [-0.2, -0.15) is 0 Å². The first-order valence-electron chi connectivity index (χ1n) is 7.16. The third-order valence-electron chi connectivity index (χ3n) is 4.18. The number of hydrogen-bond acceptors (Lipinski definition) is 5. The predicted molar refractivity (Wildman–Crippen MR) is 84.0 cm³/mol. The fourth-order valence-corrected chi connectivity index (χ4v) is 2.96. The standard InChI is InChI=1S/C16H19N3O3/c1-10-8-12(19-7-6-16(21,9-19)15(17)20)11-4-3-5-13(22-2)14(11)18-10/h3-5,8,21H,6-7,9H2,1-2H3,(H2,17,20). The lowest BCUT2D eigenvalue weighted by Crippen LogP contribution is -2.46. The number of nitrogens with zero attached hydrogens (tertiary/aromatic N) is 2. The second kappa shape index (κ2) is 5.14. The van der Waals surface area contributed by atoms with Gasteiger partial charge >= 0.3 is 0 Å². The van der Waals surface area contributed by atoms with Crippen LogP contribution in [0.5, 0.6) is 5.75 Å². The molecule has 1 aliphatic rings. The van der Waals surface area contributed by atoms with Crippen molar-refractivity contribution in [2.75, 3.05) is 25.1 Å². The van der Waals surface area contributed by atoms with Gasteiger partial charge in [0.2, 0.25) is 0 Å². The molecule has 0 spiro atoms. The van der Waals surface area contributed by atoms with Crippen LogP contribution in [-0.2, 0) is 4.79 Å². The molecule has 22 heavy (non-hydrogen) atoms. The van der Waals surface area contributed by atoms with Crippen molar-refractivity contribution in [1.29, 1.82) is 0 Å². The van der Waals surface area contributed by atoms with Gasteiger partial charge in [-0.25, -0.2) is 4.98 Å². The first-order chi connectivity index (χ1) is 10.4. The maximum atomic E-state index is 11.4. The summed E-state index contributed by atoms with van der Waals surface area (Å²) in [6.45, 7) is 2.67. The molecule has 1 aliphatic heterocycles. The molecule has 2 heterocycles. The summed E-state index contributed by atoms with van der Waals surface area (Å²) in [5.41, 5.74) is 6.39. The molecule has 3 N–H and O–H groups in total. The summed E-state index contributed by atoms with van der Waals surface area (Å²) in [7, 11) is 1.61. The number of benzene rings is 1.